The number of nitrogens with zero attached hydrogens (tertiary/aromatic N) is 2. The number of hydrogen-bond donors (Lipinski definition) is 3. The highest BCUT2D eigenvalue weighted by molar-refractivity contribution is 6.27. The molecule has 172 valence electrons. The molecule has 1 saturated heterocycles. The van der Waals surface area contributed by atoms with Gasteiger partial charge in [-0.15, -0.1) is 0 Å². The van der Waals surface area contributed by atoms with E-state index in [1.807, 2.05) is 18.7 Å². The summed E-state index contributed by atoms with van der Waals surface area (Å²) >= 11 is 0. The molecule has 1 heterocycles. The minimum atomic E-state index is -1.82. The number of ketones is 1. The van der Waals surface area contributed by atoms with Gasteiger partial charge in [0.2, 0.25) is 5.91 Å². The molecule has 0 saturated carbocycles. The molecule has 1 amide bonds. The molecule has 0 aliphatic carbocycles. The van der Waals surface area contributed by atoms with Gasteiger partial charge >= 0.3 is 11.9 Å². The number of amides is 1. The Hall–Kier alpha value is -2.98. The lowest BCUT2D eigenvalue weighted by atomic mass is 10.1. The number of hydrogen-bond acceptors (Lipinski definition) is 7. The van der Waals surface area contributed by atoms with Crippen molar-refractivity contribution in [3.63, 3.8) is 0 Å². The van der Waals surface area contributed by atoms with Gasteiger partial charge in [-0.05, 0) is 19.1 Å². The van der Waals surface area contributed by atoms with E-state index in [4.69, 9.17) is 24.5 Å². The first-order valence-corrected chi connectivity index (χ1v) is 9.90. The van der Waals surface area contributed by atoms with Crippen LogP contribution < -0.4 is 4.74 Å². The number of rotatable bonds is 7. The average molecular weight is 438 g/mol. The number of carbonyl (C=O) groups excluding carboxylic acids is 2. The molecular weight excluding hydrogens is 408 g/mol. The SMILES string of the molecule is CC(=O)c1cccc(OCC(O)CN2CCN(C(=O)C(C)C)CC2)c1.O=C(O)C(=O)O. The van der Waals surface area contributed by atoms with Crippen LogP contribution in [-0.2, 0) is 14.4 Å². The second-order valence-corrected chi connectivity index (χ2v) is 7.44. The number of aliphatic hydroxyl groups is 1. The summed E-state index contributed by atoms with van der Waals surface area (Å²) in [5.41, 5.74) is 0.595. The lowest BCUT2D eigenvalue weighted by molar-refractivity contribution is -0.159. The summed E-state index contributed by atoms with van der Waals surface area (Å²) in [6.07, 6.45) is -0.617. The van der Waals surface area contributed by atoms with Crippen LogP contribution in [-0.4, -0.2) is 94.2 Å². The standard InChI is InChI=1S/C19H28N2O4.C2H2O4/c1-14(2)19(24)21-9-7-20(8-10-21)12-17(23)13-25-18-6-4-5-16(11-18)15(3)22;3-1(4)2(5)6/h4-6,11,14,17,23H,7-10,12-13H2,1-3H3;(H,3,4)(H,5,6). The number of aliphatic hydroxyl groups excluding tert-OH is 1. The predicted octanol–water partition coefficient (Wildman–Crippen LogP) is 0.585. The molecule has 2 rings (SSSR count). The molecule has 0 aromatic heterocycles. The Morgan fingerprint density at radius 3 is 2.10 bits per heavy atom. The van der Waals surface area contributed by atoms with E-state index >= 15 is 0 Å². The van der Waals surface area contributed by atoms with Gasteiger partial charge in [-0.25, -0.2) is 9.59 Å². The van der Waals surface area contributed by atoms with Gasteiger partial charge in [0.25, 0.3) is 0 Å². The number of β-amino-alcohol motifs (C(OH)–C–C–N with tert-alkyl or cyclic N) is 1. The van der Waals surface area contributed by atoms with Gasteiger partial charge in [-0.2, -0.15) is 0 Å². The topological polar surface area (TPSA) is 145 Å². The zero-order valence-corrected chi connectivity index (χ0v) is 18.0. The number of carboxylic acids is 2. The molecule has 31 heavy (non-hydrogen) atoms. The Kier molecular flexibility index (Phi) is 10.6. The summed E-state index contributed by atoms with van der Waals surface area (Å²) in [7, 11) is 0. The van der Waals surface area contributed by atoms with Gasteiger partial charge in [-0.3, -0.25) is 14.5 Å². The first-order chi connectivity index (χ1) is 14.5. The quantitative estimate of drug-likeness (QED) is 0.411. The number of ether oxygens (including phenoxy) is 1. The summed E-state index contributed by atoms with van der Waals surface area (Å²) in [4.78, 5) is 45.6. The number of Topliss-reactive ketones (excluding diaryl/α,β-unsaturated/α-hetero) is 1. The highest BCUT2D eigenvalue weighted by Crippen LogP contribution is 2.14. The highest BCUT2D eigenvalue weighted by Gasteiger charge is 2.24. The summed E-state index contributed by atoms with van der Waals surface area (Å²) in [5, 5.41) is 25.0. The fourth-order valence-corrected chi connectivity index (χ4v) is 2.86. The Labute approximate surface area is 181 Å². The van der Waals surface area contributed by atoms with Crippen molar-refractivity contribution in [1.29, 1.82) is 0 Å². The van der Waals surface area contributed by atoms with Crippen molar-refractivity contribution in [2.24, 2.45) is 5.92 Å². The van der Waals surface area contributed by atoms with Crippen molar-refractivity contribution in [2.75, 3.05) is 39.3 Å². The van der Waals surface area contributed by atoms with Crippen LogP contribution in [0.4, 0.5) is 0 Å². The van der Waals surface area contributed by atoms with E-state index in [9.17, 15) is 14.7 Å². The van der Waals surface area contributed by atoms with Crippen LogP contribution in [0.2, 0.25) is 0 Å². The van der Waals surface area contributed by atoms with Gasteiger partial charge in [0.15, 0.2) is 5.78 Å². The van der Waals surface area contributed by atoms with E-state index in [1.165, 1.54) is 6.92 Å². The van der Waals surface area contributed by atoms with Gasteiger partial charge in [0, 0.05) is 44.2 Å². The monoisotopic (exact) mass is 438 g/mol. The molecule has 1 fully saturated rings. The van der Waals surface area contributed by atoms with Crippen molar-refractivity contribution >= 4 is 23.6 Å². The lowest BCUT2D eigenvalue weighted by Crippen LogP contribution is -2.51. The number of piperazine rings is 1. The molecule has 1 unspecified atom stereocenters. The third-order valence-corrected chi connectivity index (χ3v) is 4.51. The molecule has 0 radical (unpaired) electrons. The molecule has 10 heteroatoms. The van der Waals surface area contributed by atoms with Crippen LogP contribution in [0, 0.1) is 5.92 Å². The number of benzene rings is 1. The average Bonchev–Trinajstić information content (AvgIpc) is 2.72. The summed E-state index contributed by atoms with van der Waals surface area (Å²) in [6.45, 7) is 8.94. The van der Waals surface area contributed by atoms with Gasteiger partial charge in [-0.1, -0.05) is 26.0 Å². The summed E-state index contributed by atoms with van der Waals surface area (Å²) in [5.74, 6) is -2.87. The maximum absolute atomic E-state index is 12.0. The number of carboxylic acid groups (broad SMARTS) is 2. The second kappa shape index (κ2) is 12.7. The third-order valence-electron chi connectivity index (χ3n) is 4.51. The van der Waals surface area contributed by atoms with E-state index in [0.29, 0.717) is 30.9 Å². The van der Waals surface area contributed by atoms with Crippen molar-refractivity contribution < 1.29 is 39.2 Å². The van der Waals surface area contributed by atoms with E-state index in [2.05, 4.69) is 4.90 Å². The van der Waals surface area contributed by atoms with Crippen LogP contribution in [0.25, 0.3) is 0 Å². The van der Waals surface area contributed by atoms with Gasteiger partial charge < -0.3 is 25.0 Å². The summed E-state index contributed by atoms with van der Waals surface area (Å²) in [6, 6.07) is 6.97. The first kappa shape index (κ1) is 26.1. The normalized spacial score (nSPS) is 14.9. The maximum Gasteiger partial charge on any atom is 0.414 e. The van der Waals surface area contributed by atoms with E-state index < -0.39 is 18.0 Å². The Bertz CT molecular complexity index is 760. The molecule has 3 N–H and O–H groups in total. The molecule has 1 aromatic rings. The van der Waals surface area contributed by atoms with Crippen LogP contribution in [0.5, 0.6) is 5.75 Å². The molecule has 0 spiro atoms. The lowest BCUT2D eigenvalue weighted by Gasteiger charge is -2.36. The maximum atomic E-state index is 12.0. The molecule has 1 aromatic carbocycles. The minimum Gasteiger partial charge on any atom is -0.491 e. The van der Waals surface area contributed by atoms with E-state index in [0.717, 1.165) is 13.1 Å². The Balaban J connectivity index is 0.000000703. The molecule has 1 aliphatic rings. The molecule has 0 bridgehead atoms. The van der Waals surface area contributed by atoms with E-state index in [-0.39, 0.29) is 24.2 Å². The first-order valence-electron chi connectivity index (χ1n) is 9.90. The number of carbonyl (C=O) groups is 4. The second-order valence-electron chi connectivity index (χ2n) is 7.44. The van der Waals surface area contributed by atoms with Crippen LogP contribution >= 0.6 is 0 Å². The van der Waals surface area contributed by atoms with E-state index in [1.54, 1.807) is 24.3 Å². The predicted molar refractivity (Wildman–Crippen MR) is 111 cm³/mol. The summed E-state index contributed by atoms with van der Waals surface area (Å²) < 4.78 is 5.60. The van der Waals surface area contributed by atoms with Crippen LogP contribution in [0.3, 0.4) is 0 Å². The fraction of sp³-hybridized carbons (Fsp3) is 0.524. The molecule has 1 aliphatic heterocycles. The molecule has 1 atom stereocenters. The molecular formula is C21H30N2O8. The van der Waals surface area contributed by atoms with Crippen LogP contribution in [0.1, 0.15) is 31.1 Å². The van der Waals surface area contributed by atoms with Gasteiger partial charge in [0.1, 0.15) is 18.5 Å². The van der Waals surface area contributed by atoms with Crippen molar-refractivity contribution in [3.8, 4) is 5.75 Å². The van der Waals surface area contributed by atoms with Crippen LogP contribution in [0.15, 0.2) is 24.3 Å². The van der Waals surface area contributed by atoms with Crippen molar-refractivity contribution in [2.45, 2.75) is 26.9 Å². The van der Waals surface area contributed by atoms with Crippen molar-refractivity contribution in [1.82, 2.24) is 9.80 Å². The molecule has 10 nitrogen and oxygen atoms in total. The third kappa shape index (κ3) is 9.58. The fourth-order valence-electron chi connectivity index (χ4n) is 2.86. The number of aliphatic carboxylic acids is 2. The zero-order chi connectivity index (χ0) is 23.6. The Morgan fingerprint density at radius 1 is 1.03 bits per heavy atom. The van der Waals surface area contributed by atoms with Gasteiger partial charge in [0.05, 0.1) is 0 Å². The smallest absolute Gasteiger partial charge is 0.414 e. The van der Waals surface area contributed by atoms with Crippen molar-refractivity contribution in [3.05, 3.63) is 29.8 Å². The zero-order valence-electron chi connectivity index (χ0n) is 18.0. The largest absolute Gasteiger partial charge is 0.491 e. The Morgan fingerprint density at radius 2 is 1.61 bits per heavy atom. The minimum absolute atomic E-state index is 0.0141. The highest BCUT2D eigenvalue weighted by atomic mass is 16.5.